The molecule has 1 fully saturated rings. The van der Waals surface area contributed by atoms with Crippen LogP contribution in [0.5, 0.6) is 5.75 Å². The molecule has 6 nitrogen and oxygen atoms in total. The number of nitrogens with zero attached hydrogens (tertiary/aromatic N) is 2. The van der Waals surface area contributed by atoms with Gasteiger partial charge in [-0.1, -0.05) is 60.2 Å². The Morgan fingerprint density at radius 1 is 1.02 bits per heavy atom. The first kappa shape index (κ1) is 29.5. The number of piperidine rings is 1. The maximum atomic E-state index is 13.0. The summed E-state index contributed by atoms with van der Waals surface area (Å²) in [4.78, 5) is 30.0. The number of nitrogens with one attached hydrogen (secondary N) is 1. The fourth-order valence-electron chi connectivity index (χ4n) is 5.45. The molecule has 0 radical (unpaired) electrons. The number of aldehydes is 1. The van der Waals surface area contributed by atoms with Crippen molar-refractivity contribution in [1.29, 1.82) is 0 Å². The molecular weight excluding hydrogens is 498 g/mol. The van der Waals surface area contributed by atoms with Crippen molar-refractivity contribution in [2.24, 2.45) is 5.41 Å². The van der Waals surface area contributed by atoms with E-state index in [0.717, 1.165) is 75.3 Å². The van der Waals surface area contributed by atoms with Crippen LogP contribution in [0.25, 0.3) is 0 Å². The molecule has 0 aromatic heterocycles. The van der Waals surface area contributed by atoms with E-state index >= 15 is 0 Å². The van der Waals surface area contributed by atoms with Crippen LogP contribution in [0.3, 0.4) is 0 Å². The van der Waals surface area contributed by atoms with Gasteiger partial charge < -0.3 is 24.6 Å². The Bertz CT molecular complexity index is 1200. The third-order valence-corrected chi connectivity index (χ3v) is 8.26. The van der Waals surface area contributed by atoms with Crippen molar-refractivity contribution >= 4 is 12.2 Å². The van der Waals surface area contributed by atoms with Crippen molar-refractivity contribution in [3.05, 3.63) is 101 Å². The highest BCUT2D eigenvalue weighted by Gasteiger charge is 2.34. The molecular formula is C34H43N3O3. The molecule has 40 heavy (non-hydrogen) atoms. The molecule has 1 N–H and O–H groups in total. The lowest BCUT2D eigenvalue weighted by Crippen LogP contribution is -2.43. The summed E-state index contributed by atoms with van der Waals surface area (Å²) in [6, 6.07) is 26.0. The second kappa shape index (κ2) is 14.2. The number of hydrogen-bond donors (Lipinski definition) is 1. The monoisotopic (exact) mass is 541 g/mol. The van der Waals surface area contributed by atoms with Crippen LogP contribution in [0.2, 0.25) is 0 Å². The van der Waals surface area contributed by atoms with Crippen LogP contribution in [-0.4, -0.2) is 62.3 Å². The van der Waals surface area contributed by atoms with Crippen molar-refractivity contribution < 1.29 is 14.3 Å². The molecule has 0 spiro atoms. The Labute approximate surface area is 239 Å². The van der Waals surface area contributed by atoms with Crippen LogP contribution >= 0.6 is 0 Å². The predicted octanol–water partition coefficient (Wildman–Crippen LogP) is 5.67. The normalized spacial score (nSPS) is 15.9. The number of carbonyl (C=O) groups excluding carboxylic acids is 2. The van der Waals surface area contributed by atoms with E-state index in [2.05, 4.69) is 46.4 Å². The van der Waals surface area contributed by atoms with Crippen LogP contribution in [0, 0.1) is 12.3 Å². The third kappa shape index (κ3) is 8.26. The van der Waals surface area contributed by atoms with Crippen LogP contribution < -0.4 is 10.1 Å². The first-order chi connectivity index (χ1) is 19.4. The standard InChI is InChI=1S/C34H43N3O3/c1-27-9-13-30(14-10-27)33(39)35-32(29-7-5-4-6-8-29)17-21-37-23-19-34(26-38,20-24-37)18-22-36(2)25-28-11-15-31(40-3)16-12-28/h4-16,26,32H,17-25H2,1-3H3,(H,35,39). The molecule has 1 unspecified atom stereocenters. The molecule has 0 saturated carbocycles. The van der Waals surface area contributed by atoms with Gasteiger partial charge in [-0.05, 0) is 94.7 Å². The maximum absolute atomic E-state index is 13.0. The first-order valence-electron chi connectivity index (χ1n) is 14.3. The highest BCUT2D eigenvalue weighted by Crippen LogP contribution is 2.34. The molecule has 1 aliphatic rings. The van der Waals surface area contributed by atoms with Gasteiger partial charge in [0.2, 0.25) is 0 Å². The summed E-state index contributed by atoms with van der Waals surface area (Å²) < 4.78 is 5.25. The van der Waals surface area contributed by atoms with Gasteiger partial charge in [-0.3, -0.25) is 4.79 Å². The van der Waals surface area contributed by atoms with Crippen molar-refractivity contribution in [3.8, 4) is 5.75 Å². The Morgan fingerprint density at radius 2 is 1.70 bits per heavy atom. The van der Waals surface area contributed by atoms with Crippen molar-refractivity contribution in [1.82, 2.24) is 15.1 Å². The smallest absolute Gasteiger partial charge is 0.251 e. The summed E-state index contributed by atoms with van der Waals surface area (Å²) in [6.07, 6.45) is 4.65. The number of aryl methyl sites for hydroxylation is 1. The lowest BCUT2D eigenvalue weighted by atomic mass is 9.77. The molecule has 0 bridgehead atoms. The number of benzene rings is 3. The summed E-state index contributed by atoms with van der Waals surface area (Å²) in [6.45, 7) is 6.42. The minimum atomic E-state index is -0.261. The van der Waals surface area contributed by atoms with E-state index in [1.807, 2.05) is 61.5 Å². The molecule has 1 aliphatic heterocycles. The molecule has 1 atom stereocenters. The summed E-state index contributed by atoms with van der Waals surface area (Å²) in [7, 11) is 3.80. The Hall–Kier alpha value is -3.48. The zero-order valence-corrected chi connectivity index (χ0v) is 24.1. The number of likely N-dealkylation sites (tertiary alicyclic amines) is 1. The molecule has 1 heterocycles. The molecule has 1 saturated heterocycles. The summed E-state index contributed by atoms with van der Waals surface area (Å²) in [5, 5.41) is 3.26. The maximum Gasteiger partial charge on any atom is 0.251 e. The van der Waals surface area contributed by atoms with Gasteiger partial charge in [-0.25, -0.2) is 0 Å². The molecule has 4 rings (SSSR count). The Morgan fingerprint density at radius 3 is 2.33 bits per heavy atom. The van der Waals surface area contributed by atoms with Crippen LogP contribution in [-0.2, 0) is 11.3 Å². The van der Waals surface area contributed by atoms with Gasteiger partial charge in [0.05, 0.1) is 13.2 Å². The van der Waals surface area contributed by atoms with Gasteiger partial charge in [0.15, 0.2) is 0 Å². The average molecular weight is 542 g/mol. The molecule has 3 aromatic rings. The third-order valence-electron chi connectivity index (χ3n) is 8.26. The molecule has 1 amide bonds. The van der Waals surface area contributed by atoms with Gasteiger partial charge in [0.1, 0.15) is 12.0 Å². The van der Waals surface area contributed by atoms with E-state index in [1.54, 1.807) is 7.11 Å². The van der Waals surface area contributed by atoms with Gasteiger partial charge in [0, 0.05) is 24.1 Å². The second-order valence-electron chi connectivity index (χ2n) is 11.2. The topological polar surface area (TPSA) is 61.9 Å². The quantitative estimate of drug-likeness (QED) is 0.283. The SMILES string of the molecule is COc1ccc(CN(C)CCC2(C=O)CCN(CCC(NC(=O)c3ccc(C)cc3)c3ccccc3)CC2)cc1. The highest BCUT2D eigenvalue weighted by atomic mass is 16.5. The van der Waals surface area contributed by atoms with E-state index in [1.165, 1.54) is 11.8 Å². The summed E-state index contributed by atoms with van der Waals surface area (Å²) in [5.41, 5.74) is 3.90. The number of carbonyl (C=O) groups is 2. The average Bonchev–Trinajstić information content (AvgIpc) is 3.00. The van der Waals surface area contributed by atoms with E-state index in [0.29, 0.717) is 5.56 Å². The van der Waals surface area contributed by atoms with Crippen LogP contribution in [0.1, 0.15) is 58.8 Å². The van der Waals surface area contributed by atoms with Crippen molar-refractivity contribution in [3.63, 3.8) is 0 Å². The van der Waals surface area contributed by atoms with Gasteiger partial charge in [-0.15, -0.1) is 0 Å². The number of amides is 1. The van der Waals surface area contributed by atoms with E-state index in [4.69, 9.17) is 4.74 Å². The van der Waals surface area contributed by atoms with Gasteiger partial charge >= 0.3 is 0 Å². The summed E-state index contributed by atoms with van der Waals surface area (Å²) >= 11 is 0. The minimum absolute atomic E-state index is 0.0498. The van der Waals surface area contributed by atoms with Gasteiger partial charge in [-0.2, -0.15) is 0 Å². The summed E-state index contributed by atoms with van der Waals surface area (Å²) in [5.74, 6) is 0.813. The number of rotatable bonds is 13. The van der Waals surface area contributed by atoms with Gasteiger partial charge in [0.25, 0.3) is 5.91 Å². The number of ether oxygens (including phenoxy) is 1. The first-order valence-corrected chi connectivity index (χ1v) is 14.3. The molecule has 212 valence electrons. The van der Waals surface area contributed by atoms with E-state index < -0.39 is 0 Å². The lowest BCUT2D eigenvalue weighted by Gasteiger charge is -2.39. The zero-order valence-electron chi connectivity index (χ0n) is 24.1. The van der Waals surface area contributed by atoms with Crippen molar-refractivity contribution in [2.45, 2.75) is 45.2 Å². The molecule has 0 aliphatic carbocycles. The predicted molar refractivity (Wildman–Crippen MR) is 161 cm³/mol. The number of hydrogen-bond acceptors (Lipinski definition) is 5. The van der Waals surface area contributed by atoms with Crippen LogP contribution in [0.15, 0.2) is 78.9 Å². The highest BCUT2D eigenvalue weighted by molar-refractivity contribution is 5.94. The van der Waals surface area contributed by atoms with E-state index in [-0.39, 0.29) is 17.4 Å². The number of methoxy groups -OCH3 is 1. The molecule has 3 aromatic carbocycles. The van der Waals surface area contributed by atoms with Crippen molar-refractivity contribution in [2.75, 3.05) is 40.3 Å². The molecule has 6 heteroatoms. The second-order valence-corrected chi connectivity index (χ2v) is 11.2. The van der Waals surface area contributed by atoms with E-state index in [9.17, 15) is 9.59 Å². The lowest BCUT2D eigenvalue weighted by molar-refractivity contribution is -0.119. The fraction of sp³-hybridized carbons (Fsp3) is 0.412. The largest absolute Gasteiger partial charge is 0.497 e. The van der Waals surface area contributed by atoms with Crippen LogP contribution in [0.4, 0.5) is 0 Å². The zero-order chi connectivity index (χ0) is 28.4. The minimum Gasteiger partial charge on any atom is -0.497 e. The fourth-order valence-corrected chi connectivity index (χ4v) is 5.45. The Kier molecular flexibility index (Phi) is 10.5. The Balaban J connectivity index is 1.28.